The summed E-state index contributed by atoms with van der Waals surface area (Å²) < 4.78 is 1.92. The Labute approximate surface area is 167 Å². The van der Waals surface area contributed by atoms with E-state index in [-0.39, 0.29) is 31.4 Å². The Hall–Kier alpha value is -3.68. The first kappa shape index (κ1) is 18.7. The number of urea groups is 1. The number of carbonyl (C=O) groups is 3. The zero-order chi connectivity index (χ0) is 20.4. The van der Waals surface area contributed by atoms with Crippen LogP contribution in [-0.4, -0.2) is 38.8 Å². The molecule has 0 radical (unpaired) electrons. The number of benzene rings is 2. The second-order valence-electron chi connectivity index (χ2n) is 6.84. The number of hydrogen-bond acceptors (Lipinski definition) is 4. The summed E-state index contributed by atoms with van der Waals surface area (Å²) in [5.41, 5.74) is 3.16. The number of para-hydroxylation sites is 2. The number of imidazole rings is 1. The summed E-state index contributed by atoms with van der Waals surface area (Å²) in [7, 11) is 0. The molecule has 148 valence electrons. The molecule has 1 fully saturated rings. The lowest BCUT2D eigenvalue weighted by Crippen LogP contribution is -2.30. The summed E-state index contributed by atoms with van der Waals surface area (Å²) in [6.07, 6.45) is 0.726. The Balaban J connectivity index is 1.48. The van der Waals surface area contributed by atoms with Crippen molar-refractivity contribution >= 4 is 34.6 Å². The number of aryl methyl sites for hydroxylation is 1. The van der Waals surface area contributed by atoms with Crippen LogP contribution in [0.3, 0.4) is 0 Å². The van der Waals surface area contributed by atoms with Gasteiger partial charge in [-0.15, -0.1) is 0 Å². The van der Waals surface area contributed by atoms with E-state index >= 15 is 0 Å². The summed E-state index contributed by atoms with van der Waals surface area (Å²) in [6, 6.07) is 14.5. The molecule has 2 N–H and O–H groups in total. The van der Waals surface area contributed by atoms with Crippen molar-refractivity contribution in [3.05, 3.63) is 59.9 Å². The number of nitrogens with zero attached hydrogens (tertiary/aromatic N) is 3. The van der Waals surface area contributed by atoms with Gasteiger partial charge in [-0.25, -0.2) is 9.78 Å². The van der Waals surface area contributed by atoms with Gasteiger partial charge in [-0.1, -0.05) is 31.2 Å². The van der Waals surface area contributed by atoms with E-state index in [0.29, 0.717) is 5.69 Å². The fourth-order valence-electron chi connectivity index (χ4n) is 3.46. The number of hydrogen-bond donors (Lipinski definition) is 2. The molecular weight excluding hydrogens is 370 g/mol. The topological polar surface area (TPSA) is 96.3 Å². The molecule has 1 saturated heterocycles. The fourth-order valence-corrected chi connectivity index (χ4v) is 3.46. The highest BCUT2D eigenvalue weighted by molar-refractivity contribution is 6.01. The molecule has 1 aliphatic heterocycles. The van der Waals surface area contributed by atoms with Crippen LogP contribution in [0.1, 0.15) is 18.3 Å². The van der Waals surface area contributed by atoms with Gasteiger partial charge < -0.3 is 15.2 Å². The van der Waals surface area contributed by atoms with Crippen LogP contribution in [0.2, 0.25) is 0 Å². The Morgan fingerprint density at radius 1 is 1.17 bits per heavy atom. The van der Waals surface area contributed by atoms with Crippen LogP contribution in [0, 0.1) is 0 Å². The maximum atomic E-state index is 12.7. The Kier molecular flexibility index (Phi) is 4.99. The molecule has 2 aromatic carbocycles. The SMILES string of the molecule is CCc1nc2ccccc2n1CC(=O)Nc1cccc(CN2C(=O)CNC2=O)c1. The van der Waals surface area contributed by atoms with Crippen LogP contribution in [0.15, 0.2) is 48.5 Å². The van der Waals surface area contributed by atoms with Gasteiger partial charge in [-0.05, 0) is 29.8 Å². The van der Waals surface area contributed by atoms with Gasteiger partial charge in [-0.3, -0.25) is 14.5 Å². The summed E-state index contributed by atoms with van der Waals surface area (Å²) >= 11 is 0. The molecule has 2 heterocycles. The average Bonchev–Trinajstić information content (AvgIpc) is 3.23. The smallest absolute Gasteiger partial charge is 0.324 e. The first-order valence-electron chi connectivity index (χ1n) is 9.46. The highest BCUT2D eigenvalue weighted by Crippen LogP contribution is 2.18. The predicted octanol–water partition coefficient (Wildman–Crippen LogP) is 2.29. The number of fused-ring (bicyclic) bond motifs is 1. The highest BCUT2D eigenvalue weighted by Gasteiger charge is 2.28. The molecule has 4 amide bonds. The Morgan fingerprint density at radius 2 is 2.00 bits per heavy atom. The molecule has 0 saturated carbocycles. The van der Waals surface area contributed by atoms with E-state index in [1.807, 2.05) is 41.8 Å². The molecule has 0 unspecified atom stereocenters. The third-order valence-corrected chi connectivity index (χ3v) is 4.84. The summed E-state index contributed by atoms with van der Waals surface area (Å²) in [5.74, 6) is 0.423. The van der Waals surface area contributed by atoms with Gasteiger partial charge in [0.1, 0.15) is 12.4 Å². The lowest BCUT2D eigenvalue weighted by Gasteiger charge is -2.14. The van der Waals surface area contributed by atoms with Crippen LogP contribution in [0.5, 0.6) is 0 Å². The van der Waals surface area contributed by atoms with Gasteiger partial charge in [0.2, 0.25) is 11.8 Å². The number of aromatic nitrogens is 2. The lowest BCUT2D eigenvalue weighted by molar-refractivity contribution is -0.125. The predicted molar refractivity (Wildman–Crippen MR) is 108 cm³/mol. The summed E-state index contributed by atoms with van der Waals surface area (Å²) in [6.45, 7) is 2.35. The normalized spacial score (nSPS) is 13.8. The van der Waals surface area contributed by atoms with Crippen molar-refractivity contribution in [2.75, 3.05) is 11.9 Å². The minimum atomic E-state index is -0.400. The fraction of sp³-hybridized carbons (Fsp3) is 0.238. The van der Waals surface area contributed by atoms with Crippen molar-refractivity contribution in [1.82, 2.24) is 19.8 Å². The Bertz CT molecular complexity index is 1090. The molecule has 0 aliphatic carbocycles. The molecule has 1 aliphatic rings. The number of carbonyl (C=O) groups excluding carboxylic acids is 3. The van der Waals surface area contributed by atoms with Crippen molar-refractivity contribution in [1.29, 1.82) is 0 Å². The zero-order valence-electron chi connectivity index (χ0n) is 16.0. The molecule has 8 nitrogen and oxygen atoms in total. The van der Waals surface area contributed by atoms with Crippen LogP contribution in [0.25, 0.3) is 11.0 Å². The van der Waals surface area contributed by atoms with Crippen molar-refractivity contribution < 1.29 is 14.4 Å². The van der Waals surface area contributed by atoms with E-state index in [0.717, 1.165) is 33.7 Å². The van der Waals surface area contributed by atoms with E-state index in [1.54, 1.807) is 18.2 Å². The lowest BCUT2D eigenvalue weighted by atomic mass is 10.2. The number of rotatable bonds is 6. The van der Waals surface area contributed by atoms with E-state index < -0.39 is 6.03 Å². The first-order chi connectivity index (χ1) is 14.0. The largest absolute Gasteiger partial charge is 0.329 e. The van der Waals surface area contributed by atoms with Gasteiger partial charge in [0.25, 0.3) is 0 Å². The minimum Gasteiger partial charge on any atom is -0.329 e. The van der Waals surface area contributed by atoms with Crippen LogP contribution < -0.4 is 10.6 Å². The van der Waals surface area contributed by atoms with Crippen molar-refractivity contribution in [3.8, 4) is 0 Å². The molecule has 0 atom stereocenters. The maximum Gasteiger partial charge on any atom is 0.324 e. The molecular formula is C21H21N5O3. The van der Waals surface area contributed by atoms with Crippen molar-refractivity contribution in [2.45, 2.75) is 26.4 Å². The van der Waals surface area contributed by atoms with Crippen molar-refractivity contribution in [2.24, 2.45) is 0 Å². The van der Waals surface area contributed by atoms with Gasteiger partial charge >= 0.3 is 6.03 Å². The molecule has 0 bridgehead atoms. The van der Waals surface area contributed by atoms with E-state index in [1.165, 1.54) is 0 Å². The van der Waals surface area contributed by atoms with Crippen LogP contribution in [0.4, 0.5) is 10.5 Å². The minimum absolute atomic E-state index is 0.0217. The van der Waals surface area contributed by atoms with E-state index in [2.05, 4.69) is 15.6 Å². The highest BCUT2D eigenvalue weighted by atomic mass is 16.2. The monoisotopic (exact) mass is 391 g/mol. The molecule has 1 aromatic heterocycles. The van der Waals surface area contributed by atoms with Crippen LogP contribution in [-0.2, 0) is 29.1 Å². The first-order valence-corrected chi connectivity index (χ1v) is 9.46. The van der Waals surface area contributed by atoms with E-state index in [4.69, 9.17) is 0 Å². The third kappa shape index (κ3) is 3.82. The molecule has 4 rings (SSSR count). The molecule has 29 heavy (non-hydrogen) atoms. The zero-order valence-corrected chi connectivity index (χ0v) is 16.0. The number of amides is 4. The number of imide groups is 1. The molecule has 8 heteroatoms. The van der Waals surface area contributed by atoms with Gasteiger partial charge in [0.05, 0.1) is 24.1 Å². The number of anilines is 1. The Morgan fingerprint density at radius 3 is 2.76 bits per heavy atom. The van der Waals surface area contributed by atoms with Gasteiger partial charge in [0, 0.05) is 12.1 Å². The summed E-state index contributed by atoms with van der Waals surface area (Å²) in [4.78, 5) is 41.9. The van der Waals surface area contributed by atoms with E-state index in [9.17, 15) is 14.4 Å². The maximum absolute atomic E-state index is 12.7. The molecule has 0 spiro atoms. The second kappa shape index (κ2) is 7.75. The quantitative estimate of drug-likeness (QED) is 0.630. The van der Waals surface area contributed by atoms with Crippen LogP contribution >= 0.6 is 0 Å². The van der Waals surface area contributed by atoms with Gasteiger partial charge in [0.15, 0.2) is 0 Å². The van der Waals surface area contributed by atoms with Gasteiger partial charge in [-0.2, -0.15) is 0 Å². The summed E-state index contributed by atoms with van der Waals surface area (Å²) in [5, 5.41) is 5.39. The molecule has 3 aromatic rings. The number of nitrogens with one attached hydrogen (secondary N) is 2. The van der Waals surface area contributed by atoms with Crippen molar-refractivity contribution in [3.63, 3.8) is 0 Å². The average molecular weight is 391 g/mol. The standard InChI is InChI=1S/C21H21N5O3/c1-2-18-24-16-8-3-4-9-17(16)25(18)13-19(27)23-15-7-5-6-14(10-15)12-26-20(28)11-22-21(26)29/h3-10H,2,11-13H2,1H3,(H,22,29)(H,23,27). The third-order valence-electron chi connectivity index (χ3n) is 4.84. The second-order valence-corrected chi connectivity index (χ2v) is 6.84.